The molecule has 2 heterocycles. The van der Waals surface area contributed by atoms with Gasteiger partial charge in [-0.2, -0.15) is 0 Å². The second kappa shape index (κ2) is 8.17. The fourth-order valence-electron chi connectivity index (χ4n) is 4.23. The molecular formula is C18H29N3O4. The molecule has 0 spiro atoms. The van der Waals surface area contributed by atoms with Crippen LogP contribution in [0.15, 0.2) is 0 Å². The molecule has 0 bridgehead atoms. The number of piperidine rings is 1. The monoisotopic (exact) mass is 351 g/mol. The predicted molar refractivity (Wildman–Crippen MR) is 91.7 cm³/mol. The molecule has 3 rings (SSSR count). The van der Waals surface area contributed by atoms with Gasteiger partial charge in [0.25, 0.3) is 0 Å². The van der Waals surface area contributed by atoms with Gasteiger partial charge < -0.3 is 20.3 Å². The lowest BCUT2D eigenvalue weighted by Crippen LogP contribution is -2.65. The molecule has 2 N–H and O–H groups in total. The van der Waals surface area contributed by atoms with Gasteiger partial charge in [-0.15, -0.1) is 0 Å². The summed E-state index contributed by atoms with van der Waals surface area (Å²) >= 11 is 0. The minimum Gasteiger partial charge on any atom is -0.466 e. The molecule has 7 heteroatoms. The molecule has 0 unspecified atom stereocenters. The molecule has 25 heavy (non-hydrogen) atoms. The number of hydrogen-bond donors (Lipinski definition) is 2. The van der Waals surface area contributed by atoms with Gasteiger partial charge in [0.15, 0.2) is 0 Å². The smallest absolute Gasteiger partial charge is 0.310 e. The Hall–Kier alpha value is -1.63. The highest BCUT2D eigenvalue weighted by Gasteiger charge is 2.38. The van der Waals surface area contributed by atoms with Crippen LogP contribution in [0.4, 0.5) is 0 Å². The van der Waals surface area contributed by atoms with Crippen molar-refractivity contribution in [3.05, 3.63) is 0 Å². The van der Waals surface area contributed by atoms with Crippen LogP contribution >= 0.6 is 0 Å². The zero-order chi connectivity index (χ0) is 17.8. The van der Waals surface area contributed by atoms with E-state index < -0.39 is 6.04 Å². The van der Waals surface area contributed by atoms with E-state index in [1.807, 2.05) is 0 Å². The van der Waals surface area contributed by atoms with E-state index >= 15 is 0 Å². The summed E-state index contributed by atoms with van der Waals surface area (Å²) in [6, 6.07) is 0.0171. The average Bonchev–Trinajstić information content (AvgIpc) is 2.62. The Labute approximate surface area is 148 Å². The molecule has 3 aliphatic rings. The van der Waals surface area contributed by atoms with Crippen LogP contribution in [0.3, 0.4) is 0 Å². The summed E-state index contributed by atoms with van der Waals surface area (Å²) < 4.78 is 5.08. The second-order valence-corrected chi connectivity index (χ2v) is 7.36. The van der Waals surface area contributed by atoms with E-state index in [4.69, 9.17) is 4.74 Å². The van der Waals surface area contributed by atoms with Crippen molar-refractivity contribution in [3.8, 4) is 0 Å². The first-order valence-corrected chi connectivity index (χ1v) is 9.59. The normalized spacial score (nSPS) is 32.5. The van der Waals surface area contributed by atoms with E-state index in [9.17, 15) is 14.4 Å². The van der Waals surface area contributed by atoms with Gasteiger partial charge in [0.2, 0.25) is 11.8 Å². The van der Waals surface area contributed by atoms with Gasteiger partial charge in [-0.25, -0.2) is 0 Å². The van der Waals surface area contributed by atoms with Crippen molar-refractivity contribution in [1.29, 1.82) is 0 Å². The molecule has 7 nitrogen and oxygen atoms in total. The van der Waals surface area contributed by atoms with Crippen molar-refractivity contribution >= 4 is 17.8 Å². The minimum absolute atomic E-state index is 0.0593. The van der Waals surface area contributed by atoms with Gasteiger partial charge in [0, 0.05) is 25.2 Å². The Kier molecular flexibility index (Phi) is 5.93. The molecule has 4 atom stereocenters. The third-order valence-corrected chi connectivity index (χ3v) is 5.60. The minimum atomic E-state index is -0.463. The van der Waals surface area contributed by atoms with E-state index in [1.54, 1.807) is 11.8 Å². The maximum absolute atomic E-state index is 12.7. The van der Waals surface area contributed by atoms with Crippen LogP contribution in [0.25, 0.3) is 0 Å². The summed E-state index contributed by atoms with van der Waals surface area (Å²) in [4.78, 5) is 38.6. The lowest BCUT2D eigenvalue weighted by Gasteiger charge is -2.41. The quantitative estimate of drug-likeness (QED) is 0.724. The summed E-state index contributed by atoms with van der Waals surface area (Å²) in [7, 11) is 0. The summed E-state index contributed by atoms with van der Waals surface area (Å²) in [6.45, 7) is 3.20. The first-order valence-electron chi connectivity index (χ1n) is 9.59. The van der Waals surface area contributed by atoms with Crippen molar-refractivity contribution in [3.63, 3.8) is 0 Å². The largest absolute Gasteiger partial charge is 0.466 e. The maximum atomic E-state index is 12.7. The number of piperazine rings is 1. The zero-order valence-electron chi connectivity index (χ0n) is 15.0. The molecule has 2 amide bonds. The number of hydrogen-bond acceptors (Lipinski definition) is 5. The number of amides is 2. The van der Waals surface area contributed by atoms with Crippen LogP contribution in [0.2, 0.25) is 0 Å². The van der Waals surface area contributed by atoms with Gasteiger partial charge in [0.1, 0.15) is 0 Å². The van der Waals surface area contributed by atoms with Crippen molar-refractivity contribution in [1.82, 2.24) is 15.5 Å². The van der Waals surface area contributed by atoms with Crippen LogP contribution < -0.4 is 10.6 Å². The number of esters is 1. The summed E-state index contributed by atoms with van der Waals surface area (Å²) in [5.41, 5.74) is 0. The number of likely N-dealkylation sites (tertiary alicyclic amines) is 1. The van der Waals surface area contributed by atoms with Gasteiger partial charge in [-0.1, -0.05) is 12.8 Å². The van der Waals surface area contributed by atoms with Crippen LogP contribution in [0, 0.1) is 5.92 Å². The first kappa shape index (κ1) is 18.2. The molecule has 1 aliphatic carbocycles. The van der Waals surface area contributed by atoms with E-state index in [0.29, 0.717) is 19.7 Å². The molecule has 140 valence electrons. The van der Waals surface area contributed by atoms with Gasteiger partial charge in [0.05, 0.1) is 25.0 Å². The van der Waals surface area contributed by atoms with Crippen molar-refractivity contribution in [2.75, 3.05) is 19.7 Å². The first-order chi connectivity index (χ1) is 12.1. The molecule has 2 saturated heterocycles. The summed E-state index contributed by atoms with van der Waals surface area (Å²) in [5, 5.41) is 6.45. The van der Waals surface area contributed by atoms with Crippen LogP contribution in [0.1, 0.15) is 51.9 Å². The Morgan fingerprint density at radius 1 is 1.16 bits per heavy atom. The predicted octanol–water partition coefficient (Wildman–Crippen LogP) is 0.577. The molecule has 3 fully saturated rings. The fourth-order valence-corrected chi connectivity index (χ4v) is 4.23. The third kappa shape index (κ3) is 4.32. The Morgan fingerprint density at radius 3 is 2.68 bits per heavy atom. The third-order valence-electron chi connectivity index (χ3n) is 5.60. The van der Waals surface area contributed by atoms with Crippen LogP contribution in [-0.2, 0) is 19.1 Å². The lowest BCUT2D eigenvalue weighted by atomic mass is 9.87. The highest BCUT2D eigenvalue weighted by molar-refractivity contribution is 5.89. The molecule has 0 aromatic carbocycles. The van der Waals surface area contributed by atoms with Crippen molar-refractivity contribution in [2.24, 2.45) is 5.92 Å². The number of carbonyl (C=O) groups is 3. The van der Waals surface area contributed by atoms with Crippen molar-refractivity contribution < 1.29 is 19.1 Å². The molecule has 0 aromatic rings. The summed E-state index contributed by atoms with van der Waals surface area (Å²) in [5.74, 6) is -0.599. The second-order valence-electron chi connectivity index (χ2n) is 7.36. The van der Waals surface area contributed by atoms with Gasteiger partial charge in [-0.05, 0) is 32.6 Å². The number of nitrogens with zero attached hydrogens (tertiary/aromatic N) is 1. The van der Waals surface area contributed by atoms with Gasteiger partial charge >= 0.3 is 5.97 Å². The number of nitrogens with one attached hydrogen (secondary N) is 2. The highest BCUT2D eigenvalue weighted by atomic mass is 16.5. The number of ether oxygens (including phenoxy) is 1. The van der Waals surface area contributed by atoms with Crippen molar-refractivity contribution in [2.45, 2.75) is 70.0 Å². The Balaban J connectivity index is 1.54. The maximum Gasteiger partial charge on any atom is 0.310 e. The lowest BCUT2D eigenvalue weighted by molar-refractivity contribution is -0.151. The highest BCUT2D eigenvalue weighted by Crippen LogP contribution is 2.23. The SMILES string of the molecule is CCOC(=O)[C@@H]1CCCN(C(=O)C[C@H]2N[C@@H]3CCCC[C@@H]3NC2=O)C1. The van der Waals surface area contributed by atoms with Gasteiger partial charge in [-0.3, -0.25) is 14.4 Å². The average molecular weight is 351 g/mol. The Morgan fingerprint density at radius 2 is 1.92 bits per heavy atom. The van der Waals surface area contributed by atoms with Crippen LogP contribution in [-0.4, -0.2) is 60.5 Å². The molecule has 1 saturated carbocycles. The standard InChI is InChI=1S/C18H29N3O4/c1-2-25-18(24)12-6-5-9-21(11-12)16(22)10-15-17(23)20-14-8-4-3-7-13(14)19-15/h12-15,19H,2-11H2,1H3,(H,20,23)/t12-,13-,14+,15-/m1/s1. The molecule has 0 aromatic heterocycles. The van der Waals surface area contributed by atoms with E-state index in [2.05, 4.69) is 10.6 Å². The molecule has 2 aliphatic heterocycles. The van der Waals surface area contributed by atoms with E-state index in [0.717, 1.165) is 38.5 Å². The number of carbonyl (C=O) groups excluding carboxylic acids is 3. The van der Waals surface area contributed by atoms with Crippen LogP contribution in [0.5, 0.6) is 0 Å². The summed E-state index contributed by atoms with van der Waals surface area (Å²) in [6.07, 6.45) is 6.08. The topological polar surface area (TPSA) is 87.7 Å². The zero-order valence-corrected chi connectivity index (χ0v) is 15.0. The Bertz CT molecular complexity index is 524. The van der Waals surface area contributed by atoms with E-state index in [-0.39, 0.29) is 42.2 Å². The number of fused-ring (bicyclic) bond motifs is 1. The molecule has 0 radical (unpaired) electrons. The number of rotatable bonds is 4. The molecular weight excluding hydrogens is 322 g/mol. The fraction of sp³-hybridized carbons (Fsp3) is 0.833. The van der Waals surface area contributed by atoms with E-state index in [1.165, 1.54) is 0 Å².